The number of imidazole rings is 1. The summed E-state index contributed by atoms with van der Waals surface area (Å²) >= 11 is 0. The first-order valence-electron chi connectivity index (χ1n) is 6.11. The van der Waals surface area contributed by atoms with Gasteiger partial charge in [0.25, 0.3) is 0 Å². The fourth-order valence-electron chi connectivity index (χ4n) is 2.17. The molecule has 23 heavy (non-hydrogen) atoms. The minimum Gasteiger partial charge on any atom is -0.809 e. The molecule has 2 aromatic heterocycles. The topological polar surface area (TPSA) is 151 Å². The van der Waals surface area contributed by atoms with Gasteiger partial charge in [-0.15, -0.1) is 0 Å². The quantitative estimate of drug-likeness (QED) is 0.414. The second-order valence-electron chi connectivity index (χ2n) is 4.64. The van der Waals surface area contributed by atoms with E-state index in [1.54, 1.807) is 4.57 Å². The van der Waals surface area contributed by atoms with E-state index in [0.29, 0.717) is 17.6 Å². The van der Waals surface area contributed by atoms with Gasteiger partial charge in [-0.2, -0.15) is 0 Å². The molecule has 2 atom stereocenters. The molecule has 1 saturated heterocycles. The van der Waals surface area contributed by atoms with Crippen LogP contribution in [0.1, 0.15) is 12.6 Å². The molecule has 2 aromatic rings. The molecule has 2 N–H and O–H groups in total. The smallest absolute Gasteiger partial charge is 0.809 e. The van der Waals surface area contributed by atoms with E-state index in [1.807, 2.05) is 0 Å². The minimum atomic E-state index is -4.68. The third kappa shape index (κ3) is 5.20. The molecule has 0 radical (unpaired) electrons. The summed E-state index contributed by atoms with van der Waals surface area (Å²) < 4.78 is 22.8. The SMILES string of the molecule is Nc1ncnc2c1ncn2[C@H]1C[C@H](OCP(=O)([O-])[O-])CO1.[Na+].[Na+]. The second kappa shape index (κ2) is 8.68. The van der Waals surface area contributed by atoms with Crippen LogP contribution in [0.25, 0.3) is 11.2 Å². The molecular weight excluding hydrogens is 347 g/mol. The van der Waals surface area contributed by atoms with Gasteiger partial charge in [0.1, 0.15) is 18.1 Å². The van der Waals surface area contributed by atoms with E-state index in [0.717, 1.165) is 0 Å². The van der Waals surface area contributed by atoms with Gasteiger partial charge in [0.05, 0.1) is 25.4 Å². The average molecular weight is 359 g/mol. The van der Waals surface area contributed by atoms with Crippen molar-refractivity contribution in [1.82, 2.24) is 19.5 Å². The molecule has 1 fully saturated rings. The van der Waals surface area contributed by atoms with Crippen molar-refractivity contribution in [3.63, 3.8) is 0 Å². The van der Waals surface area contributed by atoms with E-state index < -0.39 is 26.3 Å². The minimum absolute atomic E-state index is 0. The number of nitrogens with two attached hydrogens (primary N) is 1. The summed E-state index contributed by atoms with van der Waals surface area (Å²) in [6.07, 6.45) is 1.51. The maximum absolute atomic E-state index is 10.6. The van der Waals surface area contributed by atoms with Crippen LogP contribution in [0.15, 0.2) is 12.7 Å². The zero-order valence-corrected chi connectivity index (χ0v) is 17.7. The summed E-state index contributed by atoms with van der Waals surface area (Å²) in [5.74, 6) is 0.267. The molecule has 0 bridgehead atoms. The van der Waals surface area contributed by atoms with Crippen molar-refractivity contribution in [2.24, 2.45) is 0 Å². The first-order valence-corrected chi connectivity index (χ1v) is 7.84. The van der Waals surface area contributed by atoms with E-state index in [2.05, 4.69) is 15.0 Å². The van der Waals surface area contributed by atoms with Crippen LogP contribution >= 0.6 is 7.60 Å². The second-order valence-corrected chi connectivity index (χ2v) is 6.12. The Balaban J connectivity index is 0.00000132. The molecule has 0 aliphatic carbocycles. The summed E-state index contributed by atoms with van der Waals surface area (Å²) in [7, 11) is -4.68. The van der Waals surface area contributed by atoms with Crippen LogP contribution in [0.3, 0.4) is 0 Å². The molecule has 3 heterocycles. The number of ether oxygens (including phenoxy) is 2. The van der Waals surface area contributed by atoms with E-state index in [-0.39, 0.29) is 71.5 Å². The molecule has 13 heteroatoms. The van der Waals surface area contributed by atoms with Gasteiger partial charge < -0.3 is 29.6 Å². The van der Waals surface area contributed by atoms with Gasteiger partial charge in [0.2, 0.25) is 0 Å². The summed E-state index contributed by atoms with van der Waals surface area (Å²) in [5.41, 5.74) is 6.68. The maximum atomic E-state index is 10.6. The molecular formula is C10H12N5Na2O5P. The zero-order valence-electron chi connectivity index (χ0n) is 12.8. The van der Waals surface area contributed by atoms with Crippen LogP contribution in [0, 0.1) is 0 Å². The van der Waals surface area contributed by atoms with E-state index >= 15 is 0 Å². The molecule has 0 spiro atoms. The van der Waals surface area contributed by atoms with Crippen LogP contribution in [0.2, 0.25) is 0 Å². The van der Waals surface area contributed by atoms with Crippen LogP contribution in [-0.4, -0.2) is 38.6 Å². The standard InChI is InChI=1S/C10H14N5O5P.2Na/c11-9-8-10(13-3-12-9)15(4-14-8)7-1-6(2-19-7)20-5-21(16,17)18;;/h3-4,6-7H,1-2,5H2,(H2,11,12,13)(H2,16,17,18);;/q;2*+1/p-2/t6-,7+;;/m0../s1. The van der Waals surface area contributed by atoms with Crippen LogP contribution in [-0.2, 0) is 14.0 Å². The number of hydrogen-bond acceptors (Lipinski definition) is 9. The number of hydrogen-bond donors (Lipinski definition) is 1. The number of rotatable bonds is 4. The Bertz CT molecular complexity index is 710. The number of nitrogen functional groups attached to an aromatic ring is 1. The first-order chi connectivity index (χ1) is 9.94. The zero-order chi connectivity index (χ0) is 15.0. The number of aromatic nitrogens is 4. The third-order valence-corrected chi connectivity index (χ3v) is 3.57. The number of nitrogens with zero attached hydrogens (tertiary/aromatic N) is 4. The normalized spacial score (nSPS) is 21.0. The van der Waals surface area contributed by atoms with Crippen LogP contribution < -0.4 is 74.6 Å². The predicted octanol–water partition coefficient (Wildman–Crippen LogP) is -7.41. The Morgan fingerprint density at radius 3 is 2.83 bits per heavy atom. The Morgan fingerprint density at radius 1 is 1.39 bits per heavy atom. The van der Waals surface area contributed by atoms with Gasteiger partial charge in [-0.1, -0.05) is 0 Å². The van der Waals surface area contributed by atoms with Crippen LogP contribution in [0.4, 0.5) is 5.82 Å². The molecule has 0 unspecified atom stereocenters. The van der Waals surface area contributed by atoms with Crippen molar-refractivity contribution >= 4 is 24.6 Å². The average Bonchev–Trinajstić information content (AvgIpc) is 3.02. The van der Waals surface area contributed by atoms with Crippen molar-refractivity contribution in [1.29, 1.82) is 0 Å². The molecule has 0 saturated carbocycles. The van der Waals surface area contributed by atoms with Crippen molar-refractivity contribution in [2.75, 3.05) is 18.7 Å². The number of anilines is 1. The Labute approximate surface area is 175 Å². The molecule has 1 aliphatic rings. The van der Waals surface area contributed by atoms with E-state index in [4.69, 9.17) is 15.2 Å². The predicted molar refractivity (Wildman–Crippen MR) is 66.7 cm³/mol. The summed E-state index contributed by atoms with van der Waals surface area (Å²) in [4.78, 5) is 33.2. The summed E-state index contributed by atoms with van der Waals surface area (Å²) in [5, 5.41) is 0. The van der Waals surface area contributed by atoms with Crippen molar-refractivity contribution in [2.45, 2.75) is 18.8 Å². The first kappa shape index (κ1) is 21.5. The van der Waals surface area contributed by atoms with Gasteiger partial charge in [0.15, 0.2) is 11.5 Å². The molecule has 0 amide bonds. The van der Waals surface area contributed by atoms with Gasteiger partial charge in [-0.05, 0) is 7.60 Å². The Kier molecular flexibility index (Phi) is 8.10. The maximum Gasteiger partial charge on any atom is 1.00 e. The molecule has 1 aliphatic heterocycles. The van der Waals surface area contributed by atoms with Gasteiger partial charge in [-0.25, -0.2) is 15.0 Å². The van der Waals surface area contributed by atoms with E-state index in [9.17, 15) is 14.4 Å². The fourth-order valence-corrected chi connectivity index (χ4v) is 2.56. The van der Waals surface area contributed by atoms with Crippen molar-refractivity contribution < 1.29 is 82.9 Å². The Hall–Kier alpha value is 0.420. The van der Waals surface area contributed by atoms with Gasteiger partial charge in [0, 0.05) is 6.42 Å². The molecule has 3 rings (SSSR count). The summed E-state index contributed by atoms with van der Waals surface area (Å²) in [6.45, 7) is 0.185. The number of fused-ring (bicyclic) bond motifs is 1. The monoisotopic (exact) mass is 359 g/mol. The van der Waals surface area contributed by atoms with Crippen molar-refractivity contribution in [3.8, 4) is 0 Å². The molecule has 0 aromatic carbocycles. The van der Waals surface area contributed by atoms with Gasteiger partial charge >= 0.3 is 59.1 Å². The molecule has 114 valence electrons. The summed E-state index contributed by atoms with van der Waals surface area (Å²) in [6, 6.07) is 0. The van der Waals surface area contributed by atoms with Crippen molar-refractivity contribution in [3.05, 3.63) is 12.7 Å². The molecule has 10 nitrogen and oxygen atoms in total. The third-order valence-electron chi connectivity index (χ3n) is 3.10. The Morgan fingerprint density at radius 2 is 2.13 bits per heavy atom. The van der Waals surface area contributed by atoms with E-state index in [1.165, 1.54) is 12.7 Å². The largest absolute Gasteiger partial charge is 1.00 e. The fraction of sp³-hybridized carbons (Fsp3) is 0.500. The van der Waals surface area contributed by atoms with Crippen LogP contribution in [0.5, 0.6) is 0 Å². The van der Waals surface area contributed by atoms with Gasteiger partial charge in [-0.3, -0.25) is 4.57 Å².